The Balaban J connectivity index is 1.98. The van der Waals surface area contributed by atoms with E-state index in [0.29, 0.717) is 17.5 Å². The van der Waals surface area contributed by atoms with Crippen LogP contribution in [-0.2, 0) is 11.3 Å². The third-order valence-corrected chi connectivity index (χ3v) is 3.36. The maximum absolute atomic E-state index is 9.82. The number of rotatable bonds is 4. The highest BCUT2D eigenvalue weighted by Crippen LogP contribution is 2.23. The van der Waals surface area contributed by atoms with E-state index in [9.17, 15) is 5.11 Å². The number of phenols is 1. The lowest BCUT2D eigenvalue weighted by atomic mass is 10.1. The molecule has 1 atom stereocenters. The maximum atomic E-state index is 9.82. The average molecular weight is 250 g/mol. The van der Waals surface area contributed by atoms with E-state index in [1.165, 1.54) is 0 Å². The minimum absolute atomic E-state index is 0.322. The monoisotopic (exact) mass is 250 g/mol. The van der Waals surface area contributed by atoms with Crippen LogP contribution >= 0.6 is 0 Å². The van der Waals surface area contributed by atoms with Crippen molar-refractivity contribution < 1.29 is 9.84 Å². The van der Waals surface area contributed by atoms with Crippen LogP contribution in [0.15, 0.2) is 18.2 Å². The Morgan fingerprint density at radius 1 is 1.50 bits per heavy atom. The van der Waals surface area contributed by atoms with Gasteiger partial charge in [-0.1, -0.05) is 0 Å². The third-order valence-electron chi connectivity index (χ3n) is 3.36. The molecular formula is C14H22N2O2. The number of nitrogen functional groups attached to an aromatic ring is 1. The normalized spacial score (nSPS) is 21.1. The molecule has 0 amide bonds. The van der Waals surface area contributed by atoms with Gasteiger partial charge in [-0.3, -0.25) is 4.90 Å². The minimum Gasteiger partial charge on any atom is -0.508 e. The summed E-state index contributed by atoms with van der Waals surface area (Å²) in [5.41, 5.74) is 7.34. The predicted octanol–water partition coefficient (Wildman–Crippen LogP) is 1.98. The zero-order valence-corrected chi connectivity index (χ0v) is 10.9. The van der Waals surface area contributed by atoms with E-state index < -0.39 is 0 Å². The smallest absolute Gasteiger partial charge is 0.120 e. The number of nitrogens with zero attached hydrogens (tertiary/aromatic N) is 1. The molecule has 1 aromatic carbocycles. The number of piperidine rings is 1. The van der Waals surface area contributed by atoms with E-state index in [0.717, 1.165) is 44.6 Å². The van der Waals surface area contributed by atoms with E-state index in [4.69, 9.17) is 10.5 Å². The van der Waals surface area contributed by atoms with Crippen LogP contribution in [0.4, 0.5) is 5.69 Å². The van der Waals surface area contributed by atoms with E-state index in [1.54, 1.807) is 12.1 Å². The summed E-state index contributed by atoms with van der Waals surface area (Å²) >= 11 is 0. The summed E-state index contributed by atoms with van der Waals surface area (Å²) in [6, 6.07) is 5.23. The number of aromatic hydroxyl groups is 1. The lowest BCUT2D eigenvalue weighted by Crippen LogP contribution is -2.39. The molecule has 100 valence electrons. The second-order valence-electron chi connectivity index (χ2n) is 4.84. The molecule has 1 unspecified atom stereocenters. The first-order valence-corrected chi connectivity index (χ1v) is 6.60. The number of anilines is 1. The highest BCUT2D eigenvalue weighted by atomic mass is 16.5. The van der Waals surface area contributed by atoms with Crippen molar-refractivity contribution in [2.75, 3.05) is 25.4 Å². The van der Waals surface area contributed by atoms with Crippen LogP contribution in [0.5, 0.6) is 5.75 Å². The van der Waals surface area contributed by atoms with Crippen LogP contribution in [0, 0.1) is 0 Å². The van der Waals surface area contributed by atoms with Crippen LogP contribution in [0.25, 0.3) is 0 Å². The zero-order chi connectivity index (χ0) is 13.0. The summed E-state index contributed by atoms with van der Waals surface area (Å²) in [6.07, 6.45) is 2.60. The van der Waals surface area contributed by atoms with Crippen molar-refractivity contribution in [3.8, 4) is 5.75 Å². The highest BCUT2D eigenvalue weighted by molar-refractivity contribution is 5.47. The summed E-state index contributed by atoms with van der Waals surface area (Å²) in [5.74, 6) is 0.322. The number of likely N-dealkylation sites (tertiary alicyclic amines) is 1. The molecule has 3 N–H and O–H groups in total. The van der Waals surface area contributed by atoms with Crippen molar-refractivity contribution in [1.82, 2.24) is 4.90 Å². The Morgan fingerprint density at radius 2 is 2.33 bits per heavy atom. The Kier molecular flexibility index (Phi) is 4.44. The van der Waals surface area contributed by atoms with Gasteiger partial charge >= 0.3 is 0 Å². The van der Waals surface area contributed by atoms with E-state index in [-0.39, 0.29) is 0 Å². The van der Waals surface area contributed by atoms with Gasteiger partial charge in [-0.25, -0.2) is 0 Å². The van der Waals surface area contributed by atoms with Gasteiger partial charge in [-0.15, -0.1) is 0 Å². The number of hydrogen-bond donors (Lipinski definition) is 2. The van der Waals surface area contributed by atoms with Crippen molar-refractivity contribution in [3.63, 3.8) is 0 Å². The molecule has 4 heteroatoms. The summed E-state index contributed by atoms with van der Waals surface area (Å²) in [6.45, 7) is 5.52. The second kappa shape index (κ2) is 6.07. The quantitative estimate of drug-likeness (QED) is 0.633. The minimum atomic E-state index is 0.322. The molecule has 18 heavy (non-hydrogen) atoms. The van der Waals surface area contributed by atoms with Crippen LogP contribution in [0.1, 0.15) is 25.3 Å². The van der Waals surface area contributed by atoms with Crippen LogP contribution < -0.4 is 5.73 Å². The van der Waals surface area contributed by atoms with Crippen LogP contribution in [0.3, 0.4) is 0 Å². The van der Waals surface area contributed by atoms with Gasteiger partial charge in [0.15, 0.2) is 0 Å². The number of hydrogen-bond acceptors (Lipinski definition) is 4. The summed E-state index contributed by atoms with van der Waals surface area (Å²) in [5, 5.41) is 9.82. The molecule has 0 bridgehead atoms. The Labute approximate surface area is 108 Å². The van der Waals surface area contributed by atoms with Crippen molar-refractivity contribution in [3.05, 3.63) is 23.8 Å². The Morgan fingerprint density at radius 3 is 3.11 bits per heavy atom. The molecule has 0 aliphatic carbocycles. The van der Waals surface area contributed by atoms with Gasteiger partial charge in [-0.05, 0) is 44.5 Å². The molecule has 1 fully saturated rings. The Bertz CT molecular complexity index is 393. The van der Waals surface area contributed by atoms with E-state index in [1.807, 2.05) is 13.0 Å². The third kappa shape index (κ3) is 3.37. The number of ether oxygens (including phenoxy) is 1. The van der Waals surface area contributed by atoms with Crippen molar-refractivity contribution in [1.29, 1.82) is 0 Å². The summed E-state index contributed by atoms with van der Waals surface area (Å²) in [4.78, 5) is 2.32. The molecule has 1 aliphatic rings. The molecule has 1 saturated heterocycles. The lowest BCUT2D eigenvalue weighted by Gasteiger charge is -2.32. The fourth-order valence-corrected chi connectivity index (χ4v) is 2.50. The van der Waals surface area contributed by atoms with Crippen molar-refractivity contribution in [2.24, 2.45) is 0 Å². The molecule has 1 aliphatic heterocycles. The van der Waals surface area contributed by atoms with Gasteiger partial charge in [0.2, 0.25) is 0 Å². The SMILES string of the molecule is CCOC1CCCN(Cc2cc(N)ccc2O)C1. The van der Waals surface area contributed by atoms with Gasteiger partial charge in [0, 0.05) is 30.9 Å². The Hall–Kier alpha value is -1.26. The van der Waals surface area contributed by atoms with Gasteiger partial charge in [0.05, 0.1) is 6.10 Å². The molecule has 1 heterocycles. The predicted molar refractivity (Wildman–Crippen MR) is 72.4 cm³/mol. The van der Waals surface area contributed by atoms with Gasteiger partial charge in [-0.2, -0.15) is 0 Å². The molecule has 4 nitrogen and oxygen atoms in total. The standard InChI is InChI=1S/C14H22N2O2/c1-2-18-13-4-3-7-16(10-13)9-11-8-12(15)5-6-14(11)17/h5-6,8,13,17H,2-4,7,9-10,15H2,1H3. The average Bonchev–Trinajstić information content (AvgIpc) is 2.35. The summed E-state index contributed by atoms with van der Waals surface area (Å²) < 4.78 is 5.68. The van der Waals surface area contributed by atoms with E-state index in [2.05, 4.69) is 4.90 Å². The number of phenolic OH excluding ortho intramolecular Hbond substituents is 1. The molecule has 0 radical (unpaired) electrons. The second-order valence-corrected chi connectivity index (χ2v) is 4.84. The fraction of sp³-hybridized carbons (Fsp3) is 0.571. The topological polar surface area (TPSA) is 58.7 Å². The molecule has 2 rings (SSSR count). The first kappa shape index (κ1) is 13.2. The van der Waals surface area contributed by atoms with Crippen LogP contribution in [0.2, 0.25) is 0 Å². The van der Waals surface area contributed by atoms with Gasteiger partial charge in [0.25, 0.3) is 0 Å². The first-order chi connectivity index (χ1) is 8.69. The zero-order valence-electron chi connectivity index (χ0n) is 10.9. The molecule has 0 spiro atoms. The van der Waals surface area contributed by atoms with E-state index >= 15 is 0 Å². The lowest BCUT2D eigenvalue weighted by molar-refractivity contribution is 0.00346. The fourth-order valence-electron chi connectivity index (χ4n) is 2.50. The molecule has 1 aromatic rings. The highest BCUT2D eigenvalue weighted by Gasteiger charge is 2.20. The molecule has 0 saturated carbocycles. The first-order valence-electron chi connectivity index (χ1n) is 6.60. The van der Waals surface area contributed by atoms with Crippen molar-refractivity contribution in [2.45, 2.75) is 32.4 Å². The largest absolute Gasteiger partial charge is 0.508 e. The van der Waals surface area contributed by atoms with Gasteiger partial charge in [0.1, 0.15) is 5.75 Å². The van der Waals surface area contributed by atoms with Crippen molar-refractivity contribution >= 4 is 5.69 Å². The van der Waals surface area contributed by atoms with Gasteiger partial charge < -0.3 is 15.6 Å². The summed E-state index contributed by atoms with van der Waals surface area (Å²) in [7, 11) is 0. The number of nitrogens with two attached hydrogens (primary N) is 1. The number of benzene rings is 1. The van der Waals surface area contributed by atoms with Crippen LogP contribution in [-0.4, -0.2) is 35.8 Å². The molecular weight excluding hydrogens is 228 g/mol. The molecule has 0 aromatic heterocycles. The maximum Gasteiger partial charge on any atom is 0.120 e.